The highest BCUT2D eigenvalue weighted by molar-refractivity contribution is 7.16. The van der Waals surface area contributed by atoms with Gasteiger partial charge in [0.2, 0.25) is 0 Å². The highest BCUT2D eigenvalue weighted by Crippen LogP contribution is 2.33. The average Bonchev–Trinajstić information content (AvgIpc) is 2.50. The Kier molecular flexibility index (Phi) is 3.21. The molecule has 0 atom stereocenters. The number of hydrogen-bond donors (Lipinski definition) is 0. The van der Waals surface area contributed by atoms with Crippen LogP contribution >= 0.6 is 46.1 Å². The van der Waals surface area contributed by atoms with E-state index >= 15 is 0 Å². The van der Waals surface area contributed by atoms with E-state index in [0.717, 1.165) is 16.1 Å². The lowest BCUT2D eigenvalue weighted by Gasteiger charge is -2.00. The zero-order chi connectivity index (χ0) is 11.0. The maximum atomic E-state index is 5.93. The molecule has 0 fully saturated rings. The molecule has 0 spiro atoms. The van der Waals surface area contributed by atoms with Crippen molar-refractivity contribution in [1.29, 1.82) is 0 Å². The predicted octanol–water partition coefficient (Wildman–Crippen LogP) is 5.08. The van der Waals surface area contributed by atoms with Gasteiger partial charge in [-0.15, -0.1) is 11.3 Å². The fourth-order valence-corrected chi connectivity index (χ4v) is 2.65. The van der Waals surface area contributed by atoms with Gasteiger partial charge < -0.3 is 0 Å². The van der Waals surface area contributed by atoms with Crippen molar-refractivity contribution in [2.45, 2.75) is 6.92 Å². The van der Waals surface area contributed by atoms with E-state index in [0.29, 0.717) is 14.5 Å². The van der Waals surface area contributed by atoms with E-state index in [1.807, 2.05) is 13.0 Å². The first-order valence-electron chi connectivity index (χ1n) is 4.16. The first-order valence-corrected chi connectivity index (χ1v) is 6.11. The van der Waals surface area contributed by atoms with Gasteiger partial charge in [0.05, 0.1) is 15.7 Å². The van der Waals surface area contributed by atoms with Crippen molar-refractivity contribution in [3.05, 3.63) is 37.6 Å². The zero-order valence-corrected chi connectivity index (χ0v) is 10.8. The molecular weight excluding hydrogens is 273 g/mol. The van der Waals surface area contributed by atoms with Gasteiger partial charge in [-0.05, 0) is 19.1 Å². The molecule has 0 amide bonds. The second-order valence-corrected chi connectivity index (χ2v) is 5.60. The van der Waals surface area contributed by atoms with Crippen molar-refractivity contribution in [2.24, 2.45) is 0 Å². The number of nitrogens with zero attached hydrogens (tertiary/aromatic N) is 1. The summed E-state index contributed by atoms with van der Waals surface area (Å²) in [6, 6.07) is 5.43. The van der Waals surface area contributed by atoms with Crippen LogP contribution in [-0.4, -0.2) is 4.98 Å². The summed E-state index contributed by atoms with van der Waals surface area (Å²) in [5.74, 6) is 0. The van der Waals surface area contributed by atoms with Crippen molar-refractivity contribution in [3.8, 4) is 11.3 Å². The van der Waals surface area contributed by atoms with Crippen LogP contribution in [0.4, 0.5) is 0 Å². The van der Waals surface area contributed by atoms with E-state index < -0.39 is 0 Å². The van der Waals surface area contributed by atoms with Gasteiger partial charge in [0, 0.05) is 10.4 Å². The van der Waals surface area contributed by atoms with Crippen LogP contribution in [0.5, 0.6) is 0 Å². The molecule has 0 aliphatic rings. The SMILES string of the molecule is Cc1sc(Cl)nc1-c1ccc(Cl)c(Cl)c1. The van der Waals surface area contributed by atoms with E-state index in [4.69, 9.17) is 34.8 Å². The second-order valence-electron chi connectivity index (χ2n) is 3.00. The summed E-state index contributed by atoms with van der Waals surface area (Å²) in [6.07, 6.45) is 0. The number of benzene rings is 1. The largest absolute Gasteiger partial charge is 0.225 e. The lowest BCUT2D eigenvalue weighted by atomic mass is 10.1. The van der Waals surface area contributed by atoms with Crippen LogP contribution < -0.4 is 0 Å². The van der Waals surface area contributed by atoms with E-state index in [2.05, 4.69) is 4.98 Å². The second kappa shape index (κ2) is 4.30. The number of aromatic nitrogens is 1. The molecule has 2 rings (SSSR count). The number of aryl methyl sites for hydroxylation is 1. The number of halogens is 3. The Morgan fingerprint density at radius 3 is 2.40 bits per heavy atom. The Bertz CT molecular complexity index is 507. The van der Waals surface area contributed by atoms with Crippen LogP contribution in [0.2, 0.25) is 14.5 Å². The summed E-state index contributed by atoms with van der Waals surface area (Å²) < 4.78 is 0.536. The number of rotatable bonds is 1. The number of hydrogen-bond acceptors (Lipinski definition) is 2. The molecule has 15 heavy (non-hydrogen) atoms. The molecule has 0 bridgehead atoms. The summed E-state index contributed by atoms with van der Waals surface area (Å²) in [5.41, 5.74) is 1.80. The lowest BCUT2D eigenvalue weighted by molar-refractivity contribution is 1.37. The molecule has 0 saturated carbocycles. The van der Waals surface area contributed by atoms with Gasteiger partial charge in [-0.1, -0.05) is 40.9 Å². The van der Waals surface area contributed by atoms with Crippen LogP contribution in [-0.2, 0) is 0 Å². The Hall–Kier alpha value is -0.280. The monoisotopic (exact) mass is 277 g/mol. The van der Waals surface area contributed by atoms with Gasteiger partial charge in [-0.3, -0.25) is 0 Å². The van der Waals surface area contributed by atoms with Crippen LogP contribution in [0, 0.1) is 6.92 Å². The third-order valence-electron chi connectivity index (χ3n) is 1.96. The van der Waals surface area contributed by atoms with E-state index in [1.54, 1.807) is 12.1 Å². The first-order chi connectivity index (χ1) is 7.08. The van der Waals surface area contributed by atoms with Crippen molar-refractivity contribution >= 4 is 46.1 Å². The van der Waals surface area contributed by atoms with Crippen molar-refractivity contribution in [3.63, 3.8) is 0 Å². The summed E-state index contributed by atoms with van der Waals surface area (Å²) >= 11 is 19.1. The van der Waals surface area contributed by atoms with E-state index in [1.165, 1.54) is 11.3 Å². The Balaban J connectivity index is 2.54. The van der Waals surface area contributed by atoms with Crippen LogP contribution in [0.15, 0.2) is 18.2 Å². The van der Waals surface area contributed by atoms with Gasteiger partial charge in [-0.25, -0.2) is 4.98 Å². The average molecular weight is 279 g/mol. The molecule has 78 valence electrons. The van der Waals surface area contributed by atoms with E-state index in [-0.39, 0.29) is 0 Å². The Morgan fingerprint density at radius 1 is 1.13 bits per heavy atom. The molecule has 1 heterocycles. The molecule has 0 unspecified atom stereocenters. The van der Waals surface area contributed by atoms with Crippen LogP contribution in [0.25, 0.3) is 11.3 Å². The molecule has 2 aromatic rings. The van der Waals surface area contributed by atoms with E-state index in [9.17, 15) is 0 Å². The summed E-state index contributed by atoms with van der Waals surface area (Å²) in [6.45, 7) is 1.97. The Morgan fingerprint density at radius 2 is 1.87 bits per heavy atom. The fraction of sp³-hybridized carbons (Fsp3) is 0.100. The van der Waals surface area contributed by atoms with Crippen molar-refractivity contribution < 1.29 is 0 Å². The molecule has 1 aromatic heterocycles. The fourth-order valence-electron chi connectivity index (χ4n) is 1.28. The molecule has 1 nitrogen and oxygen atoms in total. The molecule has 0 aliphatic heterocycles. The molecule has 0 aliphatic carbocycles. The summed E-state index contributed by atoms with van der Waals surface area (Å²) in [7, 11) is 0. The standard InChI is InChI=1S/C10H6Cl3NS/c1-5-9(14-10(13)15-5)6-2-3-7(11)8(12)4-6/h2-4H,1H3. The minimum absolute atomic E-state index is 0.526. The minimum atomic E-state index is 0.526. The van der Waals surface area contributed by atoms with Gasteiger partial charge >= 0.3 is 0 Å². The molecule has 0 N–H and O–H groups in total. The third-order valence-corrected chi connectivity index (χ3v) is 3.78. The first kappa shape index (κ1) is 11.2. The molecule has 1 aromatic carbocycles. The van der Waals surface area contributed by atoms with Crippen LogP contribution in [0.1, 0.15) is 4.88 Å². The van der Waals surface area contributed by atoms with Gasteiger partial charge in [0.1, 0.15) is 0 Å². The van der Waals surface area contributed by atoms with Crippen molar-refractivity contribution in [2.75, 3.05) is 0 Å². The molecule has 0 radical (unpaired) electrons. The molecule has 5 heteroatoms. The summed E-state index contributed by atoms with van der Waals surface area (Å²) in [5, 5.41) is 1.07. The quantitative estimate of drug-likeness (QED) is 0.709. The maximum Gasteiger partial charge on any atom is 0.184 e. The lowest BCUT2D eigenvalue weighted by Crippen LogP contribution is -1.80. The molecule has 0 saturated heterocycles. The third kappa shape index (κ3) is 2.28. The topological polar surface area (TPSA) is 12.9 Å². The van der Waals surface area contributed by atoms with Gasteiger partial charge in [0.25, 0.3) is 0 Å². The zero-order valence-electron chi connectivity index (χ0n) is 7.72. The van der Waals surface area contributed by atoms with Gasteiger partial charge in [-0.2, -0.15) is 0 Å². The highest BCUT2D eigenvalue weighted by Gasteiger charge is 2.09. The highest BCUT2D eigenvalue weighted by atomic mass is 35.5. The van der Waals surface area contributed by atoms with Gasteiger partial charge in [0.15, 0.2) is 4.47 Å². The number of thiazole rings is 1. The van der Waals surface area contributed by atoms with Crippen LogP contribution in [0.3, 0.4) is 0 Å². The Labute approximate surface area is 107 Å². The smallest absolute Gasteiger partial charge is 0.184 e. The maximum absolute atomic E-state index is 5.93. The predicted molar refractivity (Wildman–Crippen MR) is 67.3 cm³/mol. The molecular formula is C10H6Cl3NS. The summed E-state index contributed by atoms with van der Waals surface area (Å²) in [4.78, 5) is 5.30. The minimum Gasteiger partial charge on any atom is -0.225 e. The normalized spacial score (nSPS) is 10.7. The van der Waals surface area contributed by atoms with Crippen molar-refractivity contribution in [1.82, 2.24) is 4.98 Å².